The molecule has 0 spiro atoms. The van der Waals surface area contributed by atoms with Crippen LogP contribution in [0, 0.1) is 0 Å². The first kappa shape index (κ1) is 42.8. The number of nitrogens with one attached hydrogen (secondary N) is 1. The van der Waals surface area contributed by atoms with E-state index in [-0.39, 0.29) is 6.42 Å². The molecule has 1 amide bonds. The molecule has 1 rings (SSSR count). The molecule has 0 aromatic carbocycles. The van der Waals surface area contributed by atoms with Gasteiger partial charge in [-0.05, 0) is 19.3 Å². The quantitative estimate of drug-likeness (QED) is 0.0378. The Hall–Kier alpha value is -1.20. The number of carbonyl (C=O) groups is 1. The molecule has 46 heavy (non-hydrogen) atoms. The zero-order valence-corrected chi connectivity index (χ0v) is 28.6. The largest absolute Gasteiger partial charge is 0.397 e. The number of ether oxygens (including phenoxy) is 2. The van der Waals surface area contributed by atoms with E-state index in [0.717, 1.165) is 44.9 Å². The SMILES string of the molecule is CCCCCCCC/C=C/C(O)C(COC1OC(CO)C(O)C(OS(=O)(=O)O)C1O)NC(=O)C(O)CCCCCCCCCCC. The third-order valence-corrected chi connectivity index (χ3v) is 8.64. The van der Waals surface area contributed by atoms with Gasteiger partial charge in [-0.3, -0.25) is 9.35 Å². The molecule has 0 aromatic rings. The predicted molar refractivity (Wildman–Crippen MR) is 173 cm³/mol. The van der Waals surface area contributed by atoms with Crippen molar-refractivity contribution in [2.24, 2.45) is 0 Å². The van der Waals surface area contributed by atoms with Crippen molar-refractivity contribution in [3.05, 3.63) is 12.2 Å². The van der Waals surface area contributed by atoms with Crippen LogP contribution in [-0.2, 0) is 28.9 Å². The highest BCUT2D eigenvalue weighted by atomic mass is 32.3. The zero-order chi connectivity index (χ0) is 34.4. The Balaban J connectivity index is 2.79. The molecule has 7 N–H and O–H groups in total. The van der Waals surface area contributed by atoms with Gasteiger partial charge in [-0.15, -0.1) is 0 Å². The minimum absolute atomic E-state index is 0.244. The Morgan fingerprint density at radius 2 is 1.41 bits per heavy atom. The molecule has 8 unspecified atom stereocenters. The van der Waals surface area contributed by atoms with E-state index in [1.165, 1.54) is 51.0 Å². The number of aliphatic hydroxyl groups is 5. The van der Waals surface area contributed by atoms with Gasteiger partial charge in [0.1, 0.15) is 30.5 Å². The van der Waals surface area contributed by atoms with Crippen LogP contribution in [0.4, 0.5) is 0 Å². The van der Waals surface area contributed by atoms with Crippen molar-refractivity contribution in [1.29, 1.82) is 0 Å². The maximum absolute atomic E-state index is 12.9. The first-order chi connectivity index (χ1) is 21.9. The van der Waals surface area contributed by atoms with E-state index in [1.807, 2.05) is 0 Å². The summed E-state index contributed by atoms with van der Waals surface area (Å²) in [5.41, 5.74) is 0. The molecule has 13 nitrogen and oxygen atoms in total. The van der Waals surface area contributed by atoms with E-state index in [9.17, 15) is 38.7 Å². The van der Waals surface area contributed by atoms with Crippen molar-refractivity contribution in [3.8, 4) is 0 Å². The molecule has 8 atom stereocenters. The van der Waals surface area contributed by atoms with Crippen LogP contribution in [0.5, 0.6) is 0 Å². The number of rotatable bonds is 27. The molecule has 272 valence electrons. The molecule has 0 aromatic heterocycles. The number of allylic oxidation sites excluding steroid dienone is 1. The average Bonchev–Trinajstić information content (AvgIpc) is 3.01. The molecule has 1 aliphatic heterocycles. The van der Waals surface area contributed by atoms with Crippen LogP contribution in [0.3, 0.4) is 0 Å². The lowest BCUT2D eigenvalue weighted by Crippen LogP contribution is -2.61. The normalized spacial score (nSPS) is 24.2. The van der Waals surface area contributed by atoms with E-state index in [1.54, 1.807) is 6.08 Å². The van der Waals surface area contributed by atoms with E-state index in [0.29, 0.717) is 12.8 Å². The molecule has 1 aliphatic rings. The number of hydrogen-bond acceptors (Lipinski definition) is 11. The number of unbranched alkanes of at least 4 members (excludes halogenated alkanes) is 14. The molecule has 0 bridgehead atoms. The van der Waals surface area contributed by atoms with E-state index < -0.39 is 78.5 Å². The minimum Gasteiger partial charge on any atom is -0.394 e. The van der Waals surface area contributed by atoms with Crippen LogP contribution in [0.15, 0.2) is 12.2 Å². The highest BCUT2D eigenvalue weighted by Gasteiger charge is 2.48. The summed E-state index contributed by atoms with van der Waals surface area (Å²) >= 11 is 0. The van der Waals surface area contributed by atoms with Crippen LogP contribution in [0.1, 0.15) is 123 Å². The third-order valence-electron chi connectivity index (χ3n) is 8.18. The monoisotopic (exact) mass is 683 g/mol. The Kier molecular flexibility index (Phi) is 23.2. The highest BCUT2D eigenvalue weighted by Crippen LogP contribution is 2.26. The van der Waals surface area contributed by atoms with Crippen molar-refractivity contribution in [3.63, 3.8) is 0 Å². The topological polar surface area (TPSA) is 212 Å². The summed E-state index contributed by atoms with van der Waals surface area (Å²) in [5.74, 6) is -0.710. The van der Waals surface area contributed by atoms with Gasteiger partial charge >= 0.3 is 10.4 Å². The fraction of sp³-hybridized carbons (Fsp3) is 0.906. The summed E-state index contributed by atoms with van der Waals surface area (Å²) in [5, 5.41) is 54.4. The first-order valence-corrected chi connectivity index (χ1v) is 18.5. The lowest BCUT2D eigenvalue weighted by atomic mass is 9.99. The summed E-state index contributed by atoms with van der Waals surface area (Å²) in [6.07, 6.45) is 9.30. The summed E-state index contributed by atoms with van der Waals surface area (Å²) < 4.78 is 47.0. The van der Waals surface area contributed by atoms with Crippen molar-refractivity contribution < 1.29 is 57.0 Å². The van der Waals surface area contributed by atoms with Crippen LogP contribution >= 0.6 is 0 Å². The fourth-order valence-corrected chi connectivity index (χ4v) is 5.85. The van der Waals surface area contributed by atoms with Gasteiger partial charge in [0.2, 0.25) is 5.91 Å². The van der Waals surface area contributed by atoms with Gasteiger partial charge in [0.25, 0.3) is 0 Å². The van der Waals surface area contributed by atoms with E-state index in [2.05, 4.69) is 23.3 Å². The van der Waals surface area contributed by atoms with Crippen LogP contribution in [0.2, 0.25) is 0 Å². The molecule has 1 heterocycles. The Morgan fingerprint density at radius 3 is 1.96 bits per heavy atom. The van der Waals surface area contributed by atoms with Crippen molar-refractivity contribution in [1.82, 2.24) is 5.32 Å². The maximum atomic E-state index is 12.9. The maximum Gasteiger partial charge on any atom is 0.397 e. The molecule has 1 fully saturated rings. The second-order valence-electron chi connectivity index (χ2n) is 12.3. The molecule has 1 saturated heterocycles. The standard InChI is InChI=1S/C32H61NO12S/c1-3-5-7-9-11-13-15-17-19-21-26(36)31(39)33-24(25(35)20-18-16-14-12-10-8-6-4-2)23-43-32-29(38)30(45-46(40,41)42)28(37)27(22-34)44-32/h18,20,24-30,32,34-38H,3-17,19,21-23H2,1-2H3,(H,33,39)(H,40,41,42)/b20-18+. The van der Waals surface area contributed by atoms with Gasteiger partial charge in [-0.25, -0.2) is 4.18 Å². The van der Waals surface area contributed by atoms with E-state index in [4.69, 9.17) is 14.0 Å². The average molecular weight is 684 g/mol. The van der Waals surface area contributed by atoms with E-state index >= 15 is 0 Å². The Morgan fingerprint density at radius 1 is 0.870 bits per heavy atom. The van der Waals surface area contributed by atoms with Gasteiger partial charge in [-0.1, -0.05) is 116 Å². The first-order valence-electron chi connectivity index (χ1n) is 17.2. The van der Waals surface area contributed by atoms with Crippen LogP contribution in [0.25, 0.3) is 0 Å². The number of carbonyl (C=O) groups excluding carboxylic acids is 1. The number of amides is 1. The number of aliphatic hydroxyl groups excluding tert-OH is 5. The second-order valence-corrected chi connectivity index (χ2v) is 13.3. The lowest BCUT2D eigenvalue weighted by Gasteiger charge is -2.41. The van der Waals surface area contributed by atoms with Gasteiger partial charge in [-0.2, -0.15) is 8.42 Å². The second kappa shape index (κ2) is 24.9. The van der Waals surface area contributed by atoms with Crippen molar-refractivity contribution >= 4 is 16.3 Å². The van der Waals surface area contributed by atoms with Gasteiger partial charge in [0.15, 0.2) is 6.29 Å². The van der Waals surface area contributed by atoms with Crippen LogP contribution < -0.4 is 5.32 Å². The minimum atomic E-state index is -5.10. The Labute approximate surface area is 275 Å². The molecule has 14 heteroatoms. The third kappa shape index (κ3) is 18.4. The smallest absolute Gasteiger partial charge is 0.394 e. The molecule has 0 radical (unpaired) electrons. The van der Waals surface area contributed by atoms with Gasteiger partial charge < -0.3 is 40.3 Å². The summed E-state index contributed by atoms with van der Waals surface area (Å²) in [4.78, 5) is 12.9. The van der Waals surface area contributed by atoms with Crippen molar-refractivity contribution in [2.45, 2.75) is 172 Å². The summed E-state index contributed by atoms with van der Waals surface area (Å²) in [6.45, 7) is 3.07. The predicted octanol–water partition coefficient (Wildman–Crippen LogP) is 3.06. The molecule has 0 saturated carbocycles. The number of hydrogen-bond donors (Lipinski definition) is 7. The highest BCUT2D eigenvalue weighted by molar-refractivity contribution is 7.80. The summed E-state index contributed by atoms with van der Waals surface area (Å²) in [7, 11) is -5.10. The fourth-order valence-electron chi connectivity index (χ4n) is 5.34. The van der Waals surface area contributed by atoms with Crippen LogP contribution in [-0.4, -0.2) is 107 Å². The van der Waals surface area contributed by atoms with Gasteiger partial charge in [0.05, 0.1) is 25.4 Å². The zero-order valence-electron chi connectivity index (χ0n) is 27.7. The molecular weight excluding hydrogens is 622 g/mol. The lowest BCUT2D eigenvalue weighted by molar-refractivity contribution is -0.298. The summed E-state index contributed by atoms with van der Waals surface area (Å²) in [6, 6.07) is -1.11. The Bertz CT molecular complexity index is 921. The van der Waals surface area contributed by atoms with Gasteiger partial charge in [0, 0.05) is 0 Å². The van der Waals surface area contributed by atoms with Crippen molar-refractivity contribution in [2.75, 3.05) is 13.2 Å². The molecule has 0 aliphatic carbocycles. The molecular formula is C32H61NO12S.